The summed E-state index contributed by atoms with van der Waals surface area (Å²) < 4.78 is 17.0. The number of unbranched alkanes of at least 4 members (excludes halogenated alkanes) is 1. The van der Waals surface area contributed by atoms with Crippen molar-refractivity contribution in [1.82, 2.24) is 0 Å². The van der Waals surface area contributed by atoms with Crippen LogP contribution in [-0.2, 0) is 4.79 Å². The molecule has 6 nitrogen and oxygen atoms in total. The van der Waals surface area contributed by atoms with E-state index < -0.39 is 5.91 Å². The van der Waals surface area contributed by atoms with E-state index >= 15 is 0 Å². The SMILES string of the molecule is CCCCOc1ccc(/C=C(\C#N)C(=O)Nc2ccccc2OCC)cc1OCC. The second kappa shape index (κ2) is 12.2. The normalized spacial score (nSPS) is 10.8. The highest BCUT2D eigenvalue weighted by Crippen LogP contribution is 2.30. The zero-order chi connectivity index (χ0) is 21.8. The molecular formula is C24H28N2O4. The Morgan fingerprint density at radius 2 is 1.73 bits per heavy atom. The van der Waals surface area contributed by atoms with Crippen molar-refractivity contribution in [2.45, 2.75) is 33.6 Å². The third-order valence-electron chi connectivity index (χ3n) is 4.13. The van der Waals surface area contributed by atoms with E-state index in [0.717, 1.165) is 12.8 Å². The lowest BCUT2D eigenvalue weighted by molar-refractivity contribution is -0.112. The van der Waals surface area contributed by atoms with Crippen molar-refractivity contribution in [3.63, 3.8) is 0 Å². The van der Waals surface area contributed by atoms with Gasteiger partial charge in [-0.15, -0.1) is 0 Å². The van der Waals surface area contributed by atoms with Gasteiger partial charge in [-0.25, -0.2) is 0 Å². The number of nitrogens with zero attached hydrogens (tertiary/aromatic N) is 1. The summed E-state index contributed by atoms with van der Waals surface area (Å²) >= 11 is 0. The Labute approximate surface area is 178 Å². The summed E-state index contributed by atoms with van der Waals surface area (Å²) in [5.41, 5.74) is 1.16. The molecular weight excluding hydrogens is 380 g/mol. The number of hydrogen-bond acceptors (Lipinski definition) is 5. The molecule has 1 N–H and O–H groups in total. The third kappa shape index (κ3) is 6.56. The number of amides is 1. The highest BCUT2D eigenvalue weighted by molar-refractivity contribution is 6.10. The van der Waals surface area contributed by atoms with E-state index in [9.17, 15) is 10.1 Å². The molecule has 0 saturated heterocycles. The number of rotatable bonds is 11. The molecule has 2 rings (SSSR count). The quantitative estimate of drug-likeness (QED) is 0.314. The molecule has 0 bridgehead atoms. The van der Waals surface area contributed by atoms with E-state index in [1.807, 2.05) is 26.0 Å². The van der Waals surface area contributed by atoms with E-state index in [1.54, 1.807) is 36.4 Å². The van der Waals surface area contributed by atoms with Crippen molar-refractivity contribution in [2.24, 2.45) is 0 Å². The molecule has 1 amide bonds. The fraction of sp³-hybridized carbons (Fsp3) is 0.333. The van der Waals surface area contributed by atoms with Gasteiger partial charge >= 0.3 is 0 Å². The van der Waals surface area contributed by atoms with E-state index in [2.05, 4.69) is 12.2 Å². The molecule has 0 heterocycles. The van der Waals surface area contributed by atoms with E-state index in [0.29, 0.717) is 48.3 Å². The van der Waals surface area contributed by atoms with Crippen molar-refractivity contribution in [1.29, 1.82) is 5.26 Å². The predicted octanol–water partition coefficient (Wildman–Crippen LogP) is 5.21. The number of benzene rings is 2. The average Bonchev–Trinajstić information content (AvgIpc) is 2.75. The van der Waals surface area contributed by atoms with Gasteiger partial charge in [-0.2, -0.15) is 5.26 Å². The first-order chi connectivity index (χ1) is 14.6. The van der Waals surface area contributed by atoms with Gasteiger partial charge in [0.15, 0.2) is 11.5 Å². The summed E-state index contributed by atoms with van der Waals surface area (Å²) in [5.74, 6) is 1.28. The van der Waals surface area contributed by atoms with Crippen molar-refractivity contribution in [3.05, 3.63) is 53.6 Å². The van der Waals surface area contributed by atoms with Gasteiger partial charge in [0.1, 0.15) is 17.4 Å². The van der Waals surface area contributed by atoms with Gasteiger partial charge in [0.05, 0.1) is 25.5 Å². The van der Waals surface area contributed by atoms with Crippen molar-refractivity contribution in [2.75, 3.05) is 25.1 Å². The average molecular weight is 408 g/mol. The van der Waals surface area contributed by atoms with Crippen LogP contribution in [-0.4, -0.2) is 25.7 Å². The van der Waals surface area contributed by atoms with E-state index in [4.69, 9.17) is 14.2 Å². The Hall–Kier alpha value is -3.46. The molecule has 2 aromatic carbocycles. The second-order valence-corrected chi connectivity index (χ2v) is 6.39. The minimum Gasteiger partial charge on any atom is -0.492 e. The van der Waals surface area contributed by atoms with Crippen LogP contribution in [0.5, 0.6) is 17.2 Å². The first-order valence-corrected chi connectivity index (χ1v) is 10.2. The molecule has 6 heteroatoms. The van der Waals surface area contributed by atoms with E-state index in [-0.39, 0.29) is 5.57 Å². The smallest absolute Gasteiger partial charge is 0.266 e. The third-order valence-corrected chi connectivity index (χ3v) is 4.13. The lowest BCUT2D eigenvalue weighted by atomic mass is 10.1. The first kappa shape index (κ1) is 22.8. The van der Waals surface area contributed by atoms with Crippen LogP contribution >= 0.6 is 0 Å². The molecule has 0 unspecified atom stereocenters. The van der Waals surface area contributed by atoms with Crippen LogP contribution in [0.1, 0.15) is 39.2 Å². The Bertz CT molecular complexity index is 916. The summed E-state index contributed by atoms with van der Waals surface area (Å²) in [6.45, 7) is 7.42. The van der Waals surface area contributed by atoms with Crippen LogP contribution in [0.15, 0.2) is 48.0 Å². The van der Waals surface area contributed by atoms with Crippen LogP contribution in [0.2, 0.25) is 0 Å². The number of carbonyl (C=O) groups excluding carboxylic acids is 1. The Morgan fingerprint density at radius 1 is 1.00 bits per heavy atom. The number of para-hydroxylation sites is 2. The molecule has 0 aliphatic carbocycles. The largest absolute Gasteiger partial charge is 0.492 e. The molecule has 0 aliphatic rings. The molecule has 0 fully saturated rings. The number of anilines is 1. The maximum Gasteiger partial charge on any atom is 0.266 e. The fourth-order valence-electron chi connectivity index (χ4n) is 2.68. The van der Waals surface area contributed by atoms with Crippen LogP contribution in [0.25, 0.3) is 6.08 Å². The van der Waals surface area contributed by atoms with Gasteiger partial charge in [-0.3, -0.25) is 4.79 Å². The monoisotopic (exact) mass is 408 g/mol. The zero-order valence-corrected chi connectivity index (χ0v) is 17.7. The van der Waals surface area contributed by atoms with Crippen LogP contribution in [0.3, 0.4) is 0 Å². The summed E-state index contributed by atoms with van der Waals surface area (Å²) in [7, 11) is 0. The van der Waals surface area contributed by atoms with Gasteiger partial charge in [0.25, 0.3) is 5.91 Å². The van der Waals surface area contributed by atoms with Crippen molar-refractivity contribution >= 4 is 17.7 Å². The highest BCUT2D eigenvalue weighted by atomic mass is 16.5. The number of nitrogens with one attached hydrogen (secondary N) is 1. The maximum absolute atomic E-state index is 12.6. The molecule has 0 atom stereocenters. The Kier molecular flexibility index (Phi) is 9.26. The standard InChI is InChI=1S/C24H28N2O4/c1-4-7-14-30-22-13-12-18(16-23(22)29-6-3)15-19(17-25)24(27)26-20-10-8-9-11-21(20)28-5-2/h8-13,15-16H,4-7,14H2,1-3H3,(H,26,27)/b19-15+. The van der Waals surface area contributed by atoms with Crippen molar-refractivity contribution < 1.29 is 19.0 Å². The summed E-state index contributed by atoms with van der Waals surface area (Å²) in [6.07, 6.45) is 3.52. The number of carbonyl (C=O) groups is 1. The number of hydrogen-bond donors (Lipinski definition) is 1. The lowest BCUT2D eigenvalue weighted by Gasteiger charge is -2.13. The van der Waals surface area contributed by atoms with Crippen molar-refractivity contribution in [3.8, 4) is 23.3 Å². The van der Waals surface area contributed by atoms with Gasteiger partial charge in [0.2, 0.25) is 0 Å². The second-order valence-electron chi connectivity index (χ2n) is 6.39. The molecule has 0 spiro atoms. The molecule has 2 aromatic rings. The predicted molar refractivity (Wildman–Crippen MR) is 118 cm³/mol. The zero-order valence-electron chi connectivity index (χ0n) is 17.7. The molecule has 0 saturated carbocycles. The van der Waals surface area contributed by atoms with Crippen LogP contribution in [0, 0.1) is 11.3 Å². The molecule has 0 aromatic heterocycles. The highest BCUT2D eigenvalue weighted by Gasteiger charge is 2.13. The van der Waals surface area contributed by atoms with Gasteiger partial charge < -0.3 is 19.5 Å². The summed E-state index contributed by atoms with van der Waals surface area (Å²) in [6, 6.07) is 14.4. The number of nitriles is 1. The summed E-state index contributed by atoms with van der Waals surface area (Å²) in [5, 5.41) is 12.3. The fourth-order valence-corrected chi connectivity index (χ4v) is 2.68. The Morgan fingerprint density at radius 3 is 2.43 bits per heavy atom. The maximum atomic E-state index is 12.6. The van der Waals surface area contributed by atoms with Gasteiger partial charge in [-0.05, 0) is 56.2 Å². The van der Waals surface area contributed by atoms with E-state index in [1.165, 1.54) is 6.08 Å². The minimum absolute atomic E-state index is 0.0246. The van der Waals surface area contributed by atoms with Gasteiger partial charge in [-0.1, -0.05) is 31.5 Å². The molecule has 158 valence electrons. The van der Waals surface area contributed by atoms with Gasteiger partial charge in [0, 0.05) is 0 Å². The van der Waals surface area contributed by atoms with Crippen LogP contribution in [0.4, 0.5) is 5.69 Å². The number of ether oxygens (including phenoxy) is 3. The summed E-state index contributed by atoms with van der Waals surface area (Å²) in [4.78, 5) is 12.6. The molecule has 0 radical (unpaired) electrons. The van der Waals surface area contributed by atoms with Crippen LogP contribution < -0.4 is 19.5 Å². The molecule has 0 aliphatic heterocycles. The Balaban J connectivity index is 2.23. The molecule has 30 heavy (non-hydrogen) atoms. The topological polar surface area (TPSA) is 80.6 Å². The first-order valence-electron chi connectivity index (χ1n) is 10.2. The minimum atomic E-state index is -0.508. The lowest BCUT2D eigenvalue weighted by Crippen LogP contribution is -2.14.